The van der Waals surface area contributed by atoms with Crippen LogP contribution in [0.1, 0.15) is 23.6 Å². The van der Waals surface area contributed by atoms with Crippen molar-refractivity contribution < 1.29 is 22.4 Å². The minimum Gasteiger partial charge on any atom is -0.355 e. The molecule has 218 valence electrons. The Kier molecular flexibility index (Phi) is 10.1. The summed E-state index contributed by atoms with van der Waals surface area (Å²) in [5.74, 6) is -1.38. The van der Waals surface area contributed by atoms with E-state index in [0.29, 0.717) is 17.8 Å². The number of sulfonamides is 1. The Morgan fingerprint density at radius 2 is 1.40 bits per heavy atom. The van der Waals surface area contributed by atoms with E-state index in [2.05, 4.69) is 5.32 Å². The summed E-state index contributed by atoms with van der Waals surface area (Å²) in [7, 11) is -4.16. The van der Waals surface area contributed by atoms with E-state index in [1.165, 1.54) is 29.2 Å². The minimum atomic E-state index is -4.16. The van der Waals surface area contributed by atoms with Crippen LogP contribution in [0.4, 0.5) is 10.1 Å². The van der Waals surface area contributed by atoms with E-state index in [9.17, 15) is 22.4 Å². The fraction of sp³-hybridized carbons (Fsp3) is 0.212. The van der Waals surface area contributed by atoms with Crippen LogP contribution in [-0.2, 0) is 32.6 Å². The fourth-order valence-electron chi connectivity index (χ4n) is 4.59. The number of hydrogen-bond donors (Lipinski definition) is 1. The Hall–Kier alpha value is -4.50. The van der Waals surface area contributed by atoms with Gasteiger partial charge >= 0.3 is 0 Å². The Labute approximate surface area is 246 Å². The molecule has 0 aliphatic heterocycles. The first-order chi connectivity index (χ1) is 20.2. The number of aryl methyl sites for hydroxylation is 1. The lowest BCUT2D eigenvalue weighted by molar-refractivity contribution is -0.140. The average molecular weight is 588 g/mol. The molecule has 0 aliphatic carbocycles. The summed E-state index contributed by atoms with van der Waals surface area (Å²) < 4.78 is 42.6. The molecule has 4 rings (SSSR count). The number of hydrogen-bond acceptors (Lipinski definition) is 4. The first-order valence-electron chi connectivity index (χ1n) is 13.7. The van der Waals surface area contributed by atoms with E-state index in [0.717, 1.165) is 15.4 Å². The zero-order chi connectivity index (χ0) is 30.1. The van der Waals surface area contributed by atoms with Crippen molar-refractivity contribution in [3.05, 3.63) is 132 Å². The van der Waals surface area contributed by atoms with Crippen molar-refractivity contribution in [1.82, 2.24) is 10.2 Å². The number of carbonyl (C=O) groups is 2. The van der Waals surface area contributed by atoms with Gasteiger partial charge in [0.2, 0.25) is 11.8 Å². The second-order valence-electron chi connectivity index (χ2n) is 9.91. The molecule has 4 aromatic rings. The van der Waals surface area contributed by atoms with Crippen LogP contribution in [0.25, 0.3) is 0 Å². The molecule has 1 N–H and O–H groups in total. The number of nitrogens with zero attached hydrogens (tertiary/aromatic N) is 2. The number of halogens is 1. The van der Waals surface area contributed by atoms with Gasteiger partial charge in [0.25, 0.3) is 10.0 Å². The number of benzene rings is 4. The Morgan fingerprint density at radius 3 is 2.00 bits per heavy atom. The third-order valence-corrected chi connectivity index (χ3v) is 8.61. The normalized spacial score (nSPS) is 11.9. The van der Waals surface area contributed by atoms with Crippen molar-refractivity contribution in [2.45, 2.75) is 37.8 Å². The molecule has 0 fully saturated rings. The number of nitrogens with one attached hydrogen (secondary N) is 1. The number of para-hydroxylation sites is 1. The summed E-state index contributed by atoms with van der Waals surface area (Å²) in [5.41, 5.74) is 2.64. The van der Waals surface area contributed by atoms with Crippen molar-refractivity contribution >= 4 is 27.5 Å². The summed E-state index contributed by atoms with van der Waals surface area (Å²) in [6, 6.07) is 28.8. The molecule has 0 saturated heterocycles. The molecular weight excluding hydrogens is 553 g/mol. The van der Waals surface area contributed by atoms with Gasteiger partial charge in [0.1, 0.15) is 18.4 Å². The van der Waals surface area contributed by atoms with Crippen molar-refractivity contribution in [3.8, 4) is 0 Å². The Balaban J connectivity index is 1.77. The van der Waals surface area contributed by atoms with Gasteiger partial charge in [-0.25, -0.2) is 12.8 Å². The van der Waals surface area contributed by atoms with E-state index in [4.69, 9.17) is 0 Å². The molecule has 0 bridgehead atoms. The maximum Gasteiger partial charge on any atom is 0.264 e. The quantitative estimate of drug-likeness (QED) is 0.250. The van der Waals surface area contributed by atoms with Gasteiger partial charge < -0.3 is 10.2 Å². The van der Waals surface area contributed by atoms with Gasteiger partial charge in [0.05, 0.1) is 10.6 Å². The van der Waals surface area contributed by atoms with Crippen molar-refractivity contribution in [2.75, 3.05) is 17.4 Å². The zero-order valence-electron chi connectivity index (χ0n) is 23.6. The first-order valence-corrected chi connectivity index (χ1v) is 15.1. The zero-order valence-corrected chi connectivity index (χ0v) is 24.4. The molecule has 0 aromatic heterocycles. The summed E-state index contributed by atoms with van der Waals surface area (Å²) in [4.78, 5) is 29.1. The van der Waals surface area contributed by atoms with Crippen LogP contribution in [0, 0.1) is 12.7 Å². The largest absolute Gasteiger partial charge is 0.355 e. The molecule has 0 unspecified atom stereocenters. The summed E-state index contributed by atoms with van der Waals surface area (Å²) >= 11 is 0. The van der Waals surface area contributed by atoms with Crippen molar-refractivity contribution in [2.24, 2.45) is 0 Å². The van der Waals surface area contributed by atoms with Gasteiger partial charge in [-0.15, -0.1) is 0 Å². The molecule has 0 aliphatic rings. The van der Waals surface area contributed by atoms with Gasteiger partial charge in [-0.2, -0.15) is 0 Å². The van der Waals surface area contributed by atoms with E-state index in [-0.39, 0.29) is 23.8 Å². The Bertz CT molecular complexity index is 1580. The third kappa shape index (κ3) is 7.61. The average Bonchev–Trinajstić information content (AvgIpc) is 2.99. The molecule has 4 aromatic carbocycles. The topological polar surface area (TPSA) is 86.8 Å². The van der Waals surface area contributed by atoms with Crippen molar-refractivity contribution in [3.63, 3.8) is 0 Å². The van der Waals surface area contributed by atoms with E-state index >= 15 is 0 Å². The van der Waals surface area contributed by atoms with Gasteiger partial charge in [-0.1, -0.05) is 78.4 Å². The number of likely N-dealkylation sites (N-methyl/N-ethyl adjacent to an activating group) is 1. The highest BCUT2D eigenvalue weighted by Crippen LogP contribution is 2.25. The third-order valence-electron chi connectivity index (χ3n) is 6.82. The monoisotopic (exact) mass is 587 g/mol. The molecular formula is C33H34FN3O4S. The van der Waals surface area contributed by atoms with E-state index in [1.54, 1.807) is 61.5 Å². The molecule has 7 nitrogen and oxygen atoms in total. The predicted molar refractivity (Wildman–Crippen MR) is 162 cm³/mol. The highest BCUT2D eigenvalue weighted by atomic mass is 32.2. The molecule has 0 heterocycles. The van der Waals surface area contributed by atoms with Gasteiger partial charge in [-0.3, -0.25) is 13.9 Å². The number of rotatable bonds is 12. The van der Waals surface area contributed by atoms with E-state index in [1.807, 2.05) is 37.3 Å². The predicted octanol–water partition coefficient (Wildman–Crippen LogP) is 5.11. The minimum absolute atomic E-state index is 0.0268. The van der Waals surface area contributed by atoms with Crippen molar-refractivity contribution in [1.29, 1.82) is 0 Å². The van der Waals surface area contributed by atoms with E-state index < -0.39 is 34.3 Å². The van der Waals surface area contributed by atoms with Crippen LogP contribution < -0.4 is 9.62 Å². The summed E-state index contributed by atoms with van der Waals surface area (Å²) in [6.07, 6.45) is 0.204. The van der Waals surface area contributed by atoms with Gasteiger partial charge in [0, 0.05) is 19.5 Å². The number of carbonyl (C=O) groups excluding carboxylic acids is 2. The maximum absolute atomic E-state index is 14.2. The molecule has 42 heavy (non-hydrogen) atoms. The lowest BCUT2D eigenvalue weighted by atomic mass is 10.0. The second-order valence-corrected chi connectivity index (χ2v) is 11.8. The maximum atomic E-state index is 14.2. The van der Waals surface area contributed by atoms with Crippen LogP contribution in [0.15, 0.2) is 114 Å². The van der Waals surface area contributed by atoms with Gasteiger partial charge in [0.15, 0.2) is 0 Å². The van der Waals surface area contributed by atoms with Crippen LogP contribution >= 0.6 is 0 Å². The first kappa shape index (κ1) is 30.5. The summed E-state index contributed by atoms with van der Waals surface area (Å²) in [5, 5.41) is 2.82. The molecule has 0 radical (unpaired) electrons. The fourth-order valence-corrected chi connectivity index (χ4v) is 6.01. The highest BCUT2D eigenvalue weighted by Gasteiger charge is 2.34. The molecule has 1 atom stereocenters. The number of anilines is 1. The van der Waals surface area contributed by atoms with Crippen LogP contribution in [-0.4, -0.2) is 44.3 Å². The second kappa shape index (κ2) is 13.9. The lowest BCUT2D eigenvalue weighted by Gasteiger charge is -2.33. The molecule has 0 saturated carbocycles. The van der Waals surface area contributed by atoms with Crippen LogP contribution in [0.5, 0.6) is 0 Å². The van der Waals surface area contributed by atoms with Gasteiger partial charge in [-0.05, 0) is 61.4 Å². The molecule has 2 amide bonds. The lowest BCUT2D eigenvalue weighted by Crippen LogP contribution is -2.53. The standard InChI is InChI=1S/C33H34FN3O4S/c1-3-35-33(39)31(22-26-10-6-4-7-11-26)36(23-27-16-18-28(34)19-17-27)32(38)24-37(29-12-8-5-9-13-29)42(40,41)30-20-14-25(2)15-21-30/h4-21,31H,3,22-24H2,1-2H3,(H,35,39)/t31-/m1/s1. The molecule has 0 spiro atoms. The van der Waals surface area contributed by atoms with Crippen LogP contribution in [0.3, 0.4) is 0 Å². The number of amides is 2. The SMILES string of the molecule is CCNC(=O)[C@@H](Cc1ccccc1)N(Cc1ccc(F)cc1)C(=O)CN(c1ccccc1)S(=O)(=O)c1ccc(C)cc1. The molecule has 9 heteroatoms. The van der Waals surface area contributed by atoms with Crippen LogP contribution in [0.2, 0.25) is 0 Å². The summed E-state index contributed by atoms with van der Waals surface area (Å²) in [6.45, 7) is 3.42. The Morgan fingerprint density at radius 1 is 0.810 bits per heavy atom. The smallest absolute Gasteiger partial charge is 0.264 e. The highest BCUT2D eigenvalue weighted by molar-refractivity contribution is 7.92.